The molecule has 0 fully saturated rings. The molecular weight excluding hydrogens is 214 g/mol. The molecule has 0 rings (SSSR count). The molecule has 0 aromatic rings. The maximum atomic E-state index is 11.6. The van der Waals surface area contributed by atoms with Crippen molar-refractivity contribution in [3.63, 3.8) is 0 Å². The zero-order chi connectivity index (χ0) is 12.1. The molecule has 0 aliphatic rings. The van der Waals surface area contributed by atoms with E-state index in [9.17, 15) is 9.59 Å². The zero-order valence-electron chi connectivity index (χ0n) is 9.66. The first-order valence-corrected chi connectivity index (χ1v) is 5.92. The highest BCUT2D eigenvalue weighted by atomic mass is 32.2. The Morgan fingerprint density at radius 1 is 1.40 bits per heavy atom. The van der Waals surface area contributed by atoms with Gasteiger partial charge in [-0.3, -0.25) is 9.59 Å². The molecule has 0 radical (unpaired) electrons. The molecule has 0 saturated carbocycles. The lowest BCUT2D eigenvalue weighted by atomic mass is 10.1. The second-order valence-corrected chi connectivity index (χ2v) is 5.84. The van der Waals surface area contributed by atoms with E-state index in [0.29, 0.717) is 5.75 Å². The number of carboxylic acids is 1. The lowest BCUT2D eigenvalue weighted by molar-refractivity contribution is -0.136. The number of amides is 1. The summed E-state index contributed by atoms with van der Waals surface area (Å²) in [4.78, 5) is 21.8. The summed E-state index contributed by atoms with van der Waals surface area (Å²) in [7, 11) is 0. The normalized spacial score (nSPS) is 13.3. The van der Waals surface area contributed by atoms with E-state index in [-0.39, 0.29) is 23.1 Å². The van der Waals surface area contributed by atoms with Gasteiger partial charge < -0.3 is 10.4 Å². The summed E-state index contributed by atoms with van der Waals surface area (Å²) in [6.07, 6.45) is 0.0950. The van der Waals surface area contributed by atoms with E-state index < -0.39 is 5.97 Å². The minimum atomic E-state index is -0.828. The van der Waals surface area contributed by atoms with Crippen molar-refractivity contribution in [3.05, 3.63) is 0 Å². The third kappa shape index (κ3) is 8.30. The molecule has 15 heavy (non-hydrogen) atoms. The second-order valence-electron chi connectivity index (χ2n) is 4.40. The van der Waals surface area contributed by atoms with Gasteiger partial charge in [0.1, 0.15) is 0 Å². The maximum absolute atomic E-state index is 11.6. The van der Waals surface area contributed by atoms with Crippen molar-refractivity contribution in [2.45, 2.75) is 44.9 Å². The number of thioether (sulfide) groups is 1. The van der Waals surface area contributed by atoms with Crippen LogP contribution in [-0.4, -0.2) is 33.5 Å². The molecule has 1 amide bonds. The summed E-state index contributed by atoms with van der Waals surface area (Å²) in [5.41, 5.74) is -0.237. The third-order valence-electron chi connectivity index (χ3n) is 1.55. The molecular formula is C10H19NO3S. The molecule has 0 aromatic carbocycles. The van der Waals surface area contributed by atoms with Crippen molar-refractivity contribution >= 4 is 23.6 Å². The maximum Gasteiger partial charge on any atom is 0.304 e. The number of aliphatic carboxylic acids is 1. The van der Waals surface area contributed by atoms with Crippen molar-refractivity contribution in [3.8, 4) is 0 Å². The summed E-state index contributed by atoms with van der Waals surface area (Å²) >= 11 is 1.36. The molecule has 0 aliphatic carbocycles. The van der Waals surface area contributed by atoms with Crippen molar-refractivity contribution < 1.29 is 14.7 Å². The van der Waals surface area contributed by atoms with Crippen LogP contribution in [0.1, 0.15) is 34.1 Å². The van der Waals surface area contributed by atoms with E-state index >= 15 is 0 Å². The van der Waals surface area contributed by atoms with Crippen LogP contribution in [0.15, 0.2) is 0 Å². The average Bonchev–Trinajstić information content (AvgIpc) is 1.99. The van der Waals surface area contributed by atoms with Crippen molar-refractivity contribution in [1.29, 1.82) is 0 Å². The van der Waals surface area contributed by atoms with E-state index in [1.165, 1.54) is 11.8 Å². The fourth-order valence-electron chi connectivity index (χ4n) is 0.870. The Bertz CT molecular complexity index is 235. The molecule has 4 nitrogen and oxygen atoms in total. The van der Waals surface area contributed by atoms with Crippen LogP contribution in [0.4, 0.5) is 0 Å². The first kappa shape index (κ1) is 14.3. The molecule has 0 aliphatic heterocycles. The third-order valence-corrected chi connectivity index (χ3v) is 2.71. The SMILES string of the molecule is CC(SCCC(=O)O)C(=O)NC(C)(C)C. The molecule has 0 saturated heterocycles. The van der Waals surface area contributed by atoms with Gasteiger partial charge in [-0.2, -0.15) is 0 Å². The monoisotopic (exact) mass is 233 g/mol. The molecule has 0 aromatic heterocycles. The number of hydrogen-bond acceptors (Lipinski definition) is 3. The molecule has 5 heteroatoms. The lowest BCUT2D eigenvalue weighted by Crippen LogP contribution is -2.44. The van der Waals surface area contributed by atoms with Crippen LogP contribution in [0.25, 0.3) is 0 Å². The minimum absolute atomic E-state index is 0.0436. The number of rotatable bonds is 5. The van der Waals surface area contributed by atoms with Crippen LogP contribution in [0, 0.1) is 0 Å². The molecule has 0 bridgehead atoms. The van der Waals surface area contributed by atoms with Gasteiger partial charge in [0.2, 0.25) is 5.91 Å². The first-order chi connectivity index (χ1) is 6.72. The van der Waals surface area contributed by atoms with Crippen LogP contribution in [0.3, 0.4) is 0 Å². The predicted molar refractivity (Wildman–Crippen MR) is 62.1 cm³/mol. The Balaban J connectivity index is 3.85. The fourth-order valence-corrected chi connectivity index (χ4v) is 1.73. The standard InChI is InChI=1S/C10H19NO3S/c1-7(15-6-5-8(12)13)9(14)11-10(2,3)4/h7H,5-6H2,1-4H3,(H,11,14)(H,12,13). The average molecular weight is 233 g/mol. The molecule has 1 atom stereocenters. The van der Waals surface area contributed by atoms with Crippen LogP contribution in [0.5, 0.6) is 0 Å². The molecule has 0 heterocycles. The highest BCUT2D eigenvalue weighted by Gasteiger charge is 2.19. The first-order valence-electron chi connectivity index (χ1n) is 4.88. The van der Waals surface area contributed by atoms with Crippen LogP contribution < -0.4 is 5.32 Å². The van der Waals surface area contributed by atoms with Crippen molar-refractivity contribution in [2.24, 2.45) is 0 Å². The van der Waals surface area contributed by atoms with Crippen LogP contribution in [0.2, 0.25) is 0 Å². The van der Waals surface area contributed by atoms with Gasteiger partial charge in [-0.1, -0.05) is 0 Å². The van der Waals surface area contributed by atoms with Gasteiger partial charge in [0.15, 0.2) is 0 Å². The minimum Gasteiger partial charge on any atom is -0.481 e. The molecule has 1 unspecified atom stereocenters. The van der Waals surface area contributed by atoms with Gasteiger partial charge >= 0.3 is 5.97 Å². The Labute approximate surface area is 94.8 Å². The molecule has 88 valence electrons. The van der Waals surface area contributed by atoms with Crippen LogP contribution >= 0.6 is 11.8 Å². The van der Waals surface area contributed by atoms with Crippen LogP contribution in [-0.2, 0) is 9.59 Å². The number of carbonyl (C=O) groups is 2. The van der Waals surface area contributed by atoms with Gasteiger partial charge in [0, 0.05) is 11.3 Å². The summed E-state index contributed by atoms with van der Waals surface area (Å²) in [5, 5.41) is 11.1. The fraction of sp³-hybridized carbons (Fsp3) is 0.800. The van der Waals surface area contributed by atoms with Gasteiger partial charge in [-0.25, -0.2) is 0 Å². The van der Waals surface area contributed by atoms with Gasteiger partial charge in [-0.05, 0) is 27.7 Å². The van der Waals surface area contributed by atoms with Crippen molar-refractivity contribution in [2.75, 3.05) is 5.75 Å². The smallest absolute Gasteiger partial charge is 0.304 e. The van der Waals surface area contributed by atoms with Crippen molar-refractivity contribution in [1.82, 2.24) is 5.32 Å². The largest absolute Gasteiger partial charge is 0.481 e. The Morgan fingerprint density at radius 2 is 1.93 bits per heavy atom. The summed E-state index contributed by atoms with van der Waals surface area (Å²) < 4.78 is 0. The quantitative estimate of drug-likeness (QED) is 0.755. The van der Waals surface area contributed by atoms with Gasteiger partial charge in [-0.15, -0.1) is 11.8 Å². The number of nitrogens with one attached hydrogen (secondary N) is 1. The summed E-state index contributed by atoms with van der Waals surface area (Å²) in [6.45, 7) is 7.53. The molecule has 2 N–H and O–H groups in total. The Hall–Kier alpha value is -0.710. The lowest BCUT2D eigenvalue weighted by Gasteiger charge is -2.22. The van der Waals surface area contributed by atoms with E-state index in [4.69, 9.17) is 5.11 Å². The highest BCUT2D eigenvalue weighted by Crippen LogP contribution is 2.13. The van der Waals surface area contributed by atoms with E-state index in [0.717, 1.165) is 0 Å². The Kier molecular flexibility index (Phi) is 5.72. The molecule has 0 spiro atoms. The zero-order valence-corrected chi connectivity index (χ0v) is 10.5. The van der Waals surface area contributed by atoms with E-state index in [1.807, 2.05) is 20.8 Å². The number of carboxylic acid groups (broad SMARTS) is 1. The van der Waals surface area contributed by atoms with Gasteiger partial charge in [0.25, 0.3) is 0 Å². The predicted octanol–water partition coefficient (Wildman–Crippen LogP) is 1.50. The number of hydrogen-bond donors (Lipinski definition) is 2. The summed E-state index contributed by atoms with van der Waals surface area (Å²) in [5.74, 6) is -0.405. The highest BCUT2D eigenvalue weighted by molar-refractivity contribution is 8.00. The van der Waals surface area contributed by atoms with E-state index in [1.54, 1.807) is 6.92 Å². The second kappa shape index (κ2) is 6.00. The number of carbonyl (C=O) groups excluding carboxylic acids is 1. The topological polar surface area (TPSA) is 66.4 Å². The Morgan fingerprint density at radius 3 is 2.33 bits per heavy atom. The van der Waals surface area contributed by atoms with Gasteiger partial charge in [0.05, 0.1) is 11.7 Å². The van der Waals surface area contributed by atoms with E-state index in [2.05, 4.69) is 5.32 Å². The summed E-state index contributed by atoms with van der Waals surface area (Å²) in [6, 6.07) is 0.